The Hall–Kier alpha value is -1.62. The average molecular weight is 323 g/mol. The van der Waals surface area contributed by atoms with Crippen LogP contribution in [0.1, 0.15) is 18.1 Å². The van der Waals surface area contributed by atoms with Crippen LogP contribution in [0.5, 0.6) is 0 Å². The van der Waals surface area contributed by atoms with Gasteiger partial charge in [-0.25, -0.2) is 0 Å². The maximum atomic E-state index is 13.0. The zero-order valence-corrected chi connectivity index (χ0v) is 13.2. The highest BCUT2D eigenvalue weighted by molar-refractivity contribution is 7.99. The molecule has 116 valence electrons. The summed E-state index contributed by atoms with van der Waals surface area (Å²) in [4.78, 5) is 3.14. The molecule has 1 heterocycles. The number of alkyl halides is 3. The number of nitrogens with zero attached hydrogens (tertiary/aromatic N) is 1. The van der Waals surface area contributed by atoms with E-state index >= 15 is 0 Å². The molecule has 0 unspecified atom stereocenters. The molecule has 3 rings (SSSR count). The van der Waals surface area contributed by atoms with Gasteiger partial charge < -0.3 is 4.90 Å². The first kappa shape index (κ1) is 15.3. The lowest BCUT2D eigenvalue weighted by Crippen LogP contribution is -2.32. The van der Waals surface area contributed by atoms with Crippen molar-refractivity contribution in [1.29, 1.82) is 0 Å². The number of anilines is 2. The molecular formula is C17H16F3NS. The molecule has 0 bridgehead atoms. The van der Waals surface area contributed by atoms with Gasteiger partial charge >= 0.3 is 6.18 Å². The molecule has 0 saturated heterocycles. The minimum atomic E-state index is -4.25. The molecule has 0 atom stereocenters. The third kappa shape index (κ3) is 2.95. The lowest BCUT2D eigenvalue weighted by molar-refractivity contribution is -0.118. The van der Waals surface area contributed by atoms with Crippen LogP contribution in [0, 0.1) is 6.92 Å². The van der Waals surface area contributed by atoms with Gasteiger partial charge in [-0.2, -0.15) is 13.2 Å². The predicted molar refractivity (Wildman–Crippen MR) is 84.2 cm³/mol. The van der Waals surface area contributed by atoms with E-state index in [1.807, 2.05) is 44.2 Å². The van der Waals surface area contributed by atoms with Gasteiger partial charge in [-0.1, -0.05) is 30.8 Å². The summed E-state index contributed by atoms with van der Waals surface area (Å²) in [5.74, 6) is 0. The first-order chi connectivity index (χ1) is 10.4. The van der Waals surface area contributed by atoms with E-state index in [1.165, 1.54) is 16.7 Å². The molecule has 1 aliphatic heterocycles. The molecule has 2 aromatic carbocycles. The van der Waals surface area contributed by atoms with Gasteiger partial charge in [0.15, 0.2) is 0 Å². The molecule has 0 radical (unpaired) electrons. The minimum absolute atomic E-state index is 0.633. The molecule has 22 heavy (non-hydrogen) atoms. The second kappa shape index (κ2) is 5.54. The van der Waals surface area contributed by atoms with E-state index in [9.17, 15) is 13.2 Å². The van der Waals surface area contributed by atoms with Crippen LogP contribution in [0.4, 0.5) is 24.5 Å². The first-order valence-electron chi connectivity index (χ1n) is 7.13. The first-order valence-corrected chi connectivity index (χ1v) is 7.95. The summed E-state index contributed by atoms with van der Waals surface area (Å²) in [5.41, 5.74) is 3.38. The third-order valence-electron chi connectivity index (χ3n) is 3.69. The smallest absolute Gasteiger partial charge is 0.330 e. The van der Waals surface area contributed by atoms with Crippen molar-refractivity contribution < 1.29 is 13.2 Å². The van der Waals surface area contributed by atoms with Crippen LogP contribution in [0.2, 0.25) is 0 Å². The molecule has 0 saturated carbocycles. The summed E-state index contributed by atoms with van der Waals surface area (Å²) in [7, 11) is 0. The van der Waals surface area contributed by atoms with Gasteiger partial charge in [-0.15, -0.1) is 0 Å². The minimum Gasteiger partial charge on any atom is -0.330 e. The normalized spacial score (nSPS) is 13.8. The van der Waals surface area contributed by atoms with Crippen LogP contribution < -0.4 is 4.90 Å². The lowest BCUT2D eigenvalue weighted by Gasteiger charge is -2.33. The topological polar surface area (TPSA) is 3.24 Å². The number of rotatable bonds is 2. The maximum absolute atomic E-state index is 13.0. The van der Waals surface area contributed by atoms with Crippen molar-refractivity contribution in [2.75, 3.05) is 11.4 Å². The van der Waals surface area contributed by atoms with Crippen molar-refractivity contribution in [2.24, 2.45) is 0 Å². The molecular weight excluding hydrogens is 307 g/mol. The van der Waals surface area contributed by atoms with Crippen LogP contribution in [0.25, 0.3) is 0 Å². The van der Waals surface area contributed by atoms with Crippen molar-refractivity contribution >= 4 is 23.1 Å². The standard InChI is InChI=1S/C17H16F3NS/c1-3-12-5-7-15-14(9-12)21(10-17(18,19)20)13-6-4-11(2)8-16(13)22-15/h4-9H,3,10H2,1-2H3. The van der Waals surface area contributed by atoms with Crippen molar-refractivity contribution in [3.8, 4) is 0 Å². The van der Waals surface area contributed by atoms with E-state index in [0.29, 0.717) is 11.4 Å². The number of fused-ring (bicyclic) bond motifs is 2. The number of hydrogen-bond donors (Lipinski definition) is 0. The van der Waals surface area contributed by atoms with Gasteiger partial charge in [0, 0.05) is 9.79 Å². The molecule has 0 amide bonds. The number of benzene rings is 2. The molecule has 1 aliphatic rings. The SMILES string of the molecule is CCc1ccc2c(c1)N(CC(F)(F)F)c1ccc(C)cc1S2. The van der Waals surface area contributed by atoms with E-state index in [1.54, 1.807) is 6.07 Å². The monoisotopic (exact) mass is 323 g/mol. The molecule has 2 aromatic rings. The fraction of sp³-hybridized carbons (Fsp3) is 0.294. The van der Waals surface area contributed by atoms with Crippen LogP contribution in [-0.4, -0.2) is 12.7 Å². The highest BCUT2D eigenvalue weighted by Crippen LogP contribution is 2.49. The Balaban J connectivity index is 2.13. The Morgan fingerprint density at radius 1 is 1.00 bits per heavy atom. The Morgan fingerprint density at radius 3 is 2.45 bits per heavy atom. The van der Waals surface area contributed by atoms with Crippen LogP contribution in [0.3, 0.4) is 0 Å². The Labute approximate surface area is 132 Å². The molecule has 0 fully saturated rings. The fourth-order valence-corrected chi connectivity index (χ4v) is 3.78. The van der Waals surface area contributed by atoms with E-state index in [-0.39, 0.29) is 0 Å². The zero-order valence-electron chi connectivity index (χ0n) is 12.4. The van der Waals surface area contributed by atoms with Crippen LogP contribution >= 0.6 is 11.8 Å². The molecule has 0 N–H and O–H groups in total. The Bertz CT molecular complexity index is 710. The van der Waals surface area contributed by atoms with Crippen molar-refractivity contribution in [1.82, 2.24) is 0 Å². The molecule has 0 spiro atoms. The van der Waals surface area contributed by atoms with Crippen molar-refractivity contribution in [2.45, 2.75) is 36.2 Å². The maximum Gasteiger partial charge on any atom is 0.406 e. The van der Waals surface area contributed by atoms with Crippen molar-refractivity contribution in [3.63, 3.8) is 0 Å². The highest BCUT2D eigenvalue weighted by Gasteiger charge is 2.35. The van der Waals surface area contributed by atoms with Gasteiger partial charge in [-0.3, -0.25) is 0 Å². The van der Waals surface area contributed by atoms with Gasteiger partial charge in [0.1, 0.15) is 6.54 Å². The lowest BCUT2D eigenvalue weighted by atomic mass is 10.1. The van der Waals surface area contributed by atoms with E-state index in [4.69, 9.17) is 0 Å². The van der Waals surface area contributed by atoms with Crippen LogP contribution in [0.15, 0.2) is 46.2 Å². The third-order valence-corrected chi connectivity index (χ3v) is 4.80. The predicted octanol–water partition coefficient (Wildman–Crippen LogP) is 5.72. The van der Waals surface area contributed by atoms with Gasteiger partial charge in [0.25, 0.3) is 0 Å². The highest BCUT2D eigenvalue weighted by atomic mass is 32.2. The van der Waals surface area contributed by atoms with Crippen molar-refractivity contribution in [3.05, 3.63) is 47.5 Å². The summed E-state index contributed by atoms with van der Waals surface area (Å²) in [6, 6.07) is 11.4. The van der Waals surface area contributed by atoms with Gasteiger partial charge in [0.2, 0.25) is 0 Å². The quantitative estimate of drug-likeness (QED) is 0.695. The second-order valence-corrected chi connectivity index (χ2v) is 6.51. The summed E-state index contributed by atoms with van der Waals surface area (Å²) in [6.07, 6.45) is -3.44. The van der Waals surface area contributed by atoms with E-state index in [0.717, 1.165) is 27.3 Å². The summed E-state index contributed by atoms with van der Waals surface area (Å²) < 4.78 is 39.1. The summed E-state index contributed by atoms with van der Waals surface area (Å²) >= 11 is 1.54. The van der Waals surface area contributed by atoms with E-state index in [2.05, 4.69) is 0 Å². The Morgan fingerprint density at radius 2 is 1.77 bits per heavy atom. The van der Waals surface area contributed by atoms with Gasteiger partial charge in [-0.05, 0) is 48.7 Å². The molecule has 0 aromatic heterocycles. The largest absolute Gasteiger partial charge is 0.406 e. The fourth-order valence-electron chi connectivity index (χ4n) is 2.60. The Kier molecular flexibility index (Phi) is 3.85. The number of halogens is 3. The molecule has 5 heteroatoms. The molecule has 0 aliphatic carbocycles. The second-order valence-electron chi connectivity index (χ2n) is 5.43. The van der Waals surface area contributed by atoms with Crippen LogP contribution in [-0.2, 0) is 6.42 Å². The average Bonchev–Trinajstić information content (AvgIpc) is 2.45. The zero-order chi connectivity index (χ0) is 15.9. The summed E-state index contributed by atoms with van der Waals surface area (Å²) in [5, 5.41) is 0. The van der Waals surface area contributed by atoms with Gasteiger partial charge in [0.05, 0.1) is 11.4 Å². The van der Waals surface area contributed by atoms with E-state index < -0.39 is 12.7 Å². The number of aryl methyl sites for hydroxylation is 2. The summed E-state index contributed by atoms with van der Waals surface area (Å²) in [6.45, 7) is 2.98. The molecule has 1 nitrogen and oxygen atoms in total. The number of hydrogen-bond acceptors (Lipinski definition) is 2.